The van der Waals surface area contributed by atoms with Crippen LogP contribution in [0.25, 0.3) is 0 Å². The number of benzene rings is 1. The molecule has 20 heavy (non-hydrogen) atoms. The van der Waals surface area contributed by atoms with E-state index in [1.54, 1.807) is 24.3 Å². The van der Waals surface area contributed by atoms with E-state index >= 15 is 0 Å². The molecule has 0 aliphatic carbocycles. The van der Waals surface area contributed by atoms with Gasteiger partial charge in [0.15, 0.2) is 0 Å². The minimum Gasteiger partial charge on any atom is -0.397 e. The quantitative estimate of drug-likeness (QED) is 0.755. The maximum Gasteiger partial charge on any atom is 0.331 e. The minimum absolute atomic E-state index is 0.360. The van der Waals surface area contributed by atoms with Crippen molar-refractivity contribution in [1.29, 1.82) is 0 Å². The van der Waals surface area contributed by atoms with Crippen molar-refractivity contribution in [2.24, 2.45) is 7.05 Å². The van der Waals surface area contributed by atoms with Crippen LogP contribution in [0.3, 0.4) is 0 Å². The number of hydrogen-bond acceptors (Lipinski definition) is 4. The number of hydrogen-bond donors (Lipinski definition) is 2. The molecule has 7 heteroatoms. The van der Waals surface area contributed by atoms with Gasteiger partial charge in [-0.25, -0.2) is 4.79 Å². The number of rotatable bonds is 3. The lowest BCUT2D eigenvalue weighted by Crippen LogP contribution is -2.40. The van der Waals surface area contributed by atoms with E-state index in [-0.39, 0.29) is 6.54 Å². The van der Waals surface area contributed by atoms with Gasteiger partial charge in [-0.2, -0.15) is 0 Å². The highest BCUT2D eigenvalue weighted by Crippen LogP contribution is 2.16. The highest BCUT2D eigenvalue weighted by Gasteiger charge is 2.10. The molecule has 0 aliphatic rings. The maximum absolute atomic E-state index is 11.9. The molecule has 104 valence electrons. The highest BCUT2D eigenvalue weighted by molar-refractivity contribution is 5.93. The lowest BCUT2D eigenvalue weighted by Gasteiger charge is -2.09. The molecule has 0 aliphatic heterocycles. The lowest BCUT2D eigenvalue weighted by atomic mass is 10.2. The number of nitrogens with zero attached hydrogens (tertiary/aromatic N) is 2. The summed E-state index contributed by atoms with van der Waals surface area (Å²) in [6.45, 7) is -0.360. The Morgan fingerprint density at radius 3 is 2.65 bits per heavy atom. The molecule has 3 N–H and O–H groups in total. The number of carbonyl (C=O) groups excluding carboxylic acids is 1. The molecule has 2 aromatic rings. The number of anilines is 2. The second kappa shape index (κ2) is 5.43. The number of nitrogen functional groups attached to an aromatic ring is 1. The van der Waals surface area contributed by atoms with Gasteiger partial charge in [0.05, 0.1) is 11.4 Å². The van der Waals surface area contributed by atoms with Gasteiger partial charge < -0.3 is 15.6 Å². The fourth-order valence-corrected chi connectivity index (χ4v) is 1.70. The third-order valence-electron chi connectivity index (χ3n) is 2.78. The first-order chi connectivity index (χ1) is 9.49. The lowest BCUT2D eigenvalue weighted by molar-refractivity contribution is -0.116. The molecule has 1 aromatic carbocycles. The number of nitrogens with two attached hydrogens (primary N) is 1. The molecule has 0 saturated carbocycles. The number of aromatic nitrogens is 2. The predicted octanol–water partition coefficient (Wildman–Crippen LogP) is -0.232. The molecule has 0 unspecified atom stereocenters. The Kier molecular flexibility index (Phi) is 3.69. The van der Waals surface area contributed by atoms with Crippen molar-refractivity contribution in [3.63, 3.8) is 0 Å². The monoisotopic (exact) mass is 274 g/mol. The summed E-state index contributed by atoms with van der Waals surface area (Å²) in [5.41, 5.74) is 5.48. The van der Waals surface area contributed by atoms with E-state index in [9.17, 15) is 14.4 Å². The Morgan fingerprint density at radius 1 is 1.25 bits per heavy atom. The summed E-state index contributed by atoms with van der Waals surface area (Å²) in [6.07, 6.45) is 1.36. The molecule has 0 bridgehead atoms. The van der Waals surface area contributed by atoms with Crippen LogP contribution >= 0.6 is 0 Å². The van der Waals surface area contributed by atoms with Crippen molar-refractivity contribution >= 4 is 17.3 Å². The third-order valence-corrected chi connectivity index (χ3v) is 2.78. The Labute approximate surface area is 114 Å². The summed E-state index contributed by atoms with van der Waals surface area (Å²) >= 11 is 0. The molecule has 0 radical (unpaired) electrons. The molecule has 1 aromatic heterocycles. The van der Waals surface area contributed by atoms with Crippen LogP contribution in [0.4, 0.5) is 11.4 Å². The molecule has 1 heterocycles. The summed E-state index contributed by atoms with van der Waals surface area (Å²) in [6, 6.07) is 7.97. The second-order valence-electron chi connectivity index (χ2n) is 4.27. The van der Waals surface area contributed by atoms with Crippen LogP contribution in [0.1, 0.15) is 0 Å². The molecule has 2 rings (SSSR count). The average Bonchev–Trinajstić information content (AvgIpc) is 2.42. The van der Waals surface area contributed by atoms with Crippen LogP contribution in [-0.4, -0.2) is 15.0 Å². The van der Waals surface area contributed by atoms with E-state index in [2.05, 4.69) is 5.32 Å². The summed E-state index contributed by atoms with van der Waals surface area (Å²) in [7, 11) is 1.51. The third kappa shape index (κ3) is 2.77. The van der Waals surface area contributed by atoms with Crippen molar-refractivity contribution in [3.8, 4) is 0 Å². The second-order valence-corrected chi connectivity index (χ2v) is 4.27. The normalized spacial score (nSPS) is 10.2. The van der Waals surface area contributed by atoms with Gasteiger partial charge in [0, 0.05) is 19.3 Å². The van der Waals surface area contributed by atoms with Crippen LogP contribution in [0.2, 0.25) is 0 Å². The molecule has 0 saturated heterocycles. The zero-order valence-corrected chi connectivity index (χ0v) is 10.9. The van der Waals surface area contributed by atoms with Crippen molar-refractivity contribution in [3.05, 3.63) is 57.4 Å². The predicted molar refractivity (Wildman–Crippen MR) is 75.4 cm³/mol. The first-order valence-corrected chi connectivity index (χ1v) is 5.90. The van der Waals surface area contributed by atoms with Crippen LogP contribution in [-0.2, 0) is 18.4 Å². The molecule has 0 spiro atoms. The number of para-hydroxylation sites is 2. The van der Waals surface area contributed by atoms with Gasteiger partial charge in [-0.3, -0.25) is 14.2 Å². The van der Waals surface area contributed by atoms with Gasteiger partial charge in [0.2, 0.25) is 5.91 Å². The number of amides is 1. The molecule has 0 atom stereocenters. The zero-order valence-electron chi connectivity index (χ0n) is 10.9. The van der Waals surface area contributed by atoms with Crippen molar-refractivity contribution in [2.75, 3.05) is 11.1 Å². The standard InChI is InChI=1S/C13H14N4O3/c1-16-7-6-12(19)17(13(16)20)8-11(18)15-10-5-3-2-4-9(10)14/h2-7H,8,14H2,1H3,(H,15,18). The Morgan fingerprint density at radius 2 is 1.95 bits per heavy atom. The molecular weight excluding hydrogens is 260 g/mol. The van der Waals surface area contributed by atoms with E-state index in [1.807, 2.05) is 0 Å². The summed E-state index contributed by atoms with van der Waals surface area (Å²) in [4.78, 5) is 35.2. The smallest absolute Gasteiger partial charge is 0.331 e. The Balaban J connectivity index is 2.22. The Bertz CT molecular complexity index is 761. The first kappa shape index (κ1) is 13.6. The van der Waals surface area contributed by atoms with E-state index in [4.69, 9.17) is 5.73 Å². The number of nitrogens with one attached hydrogen (secondary N) is 1. The van der Waals surface area contributed by atoms with Crippen LogP contribution in [0.5, 0.6) is 0 Å². The topological polar surface area (TPSA) is 99.1 Å². The van der Waals surface area contributed by atoms with Crippen LogP contribution in [0.15, 0.2) is 46.1 Å². The highest BCUT2D eigenvalue weighted by atomic mass is 16.2. The Hall–Kier alpha value is -2.83. The van der Waals surface area contributed by atoms with Gasteiger partial charge in [0.25, 0.3) is 5.56 Å². The number of carbonyl (C=O) groups is 1. The molecule has 0 fully saturated rings. The van der Waals surface area contributed by atoms with Gasteiger partial charge in [0.1, 0.15) is 6.54 Å². The maximum atomic E-state index is 11.9. The van der Waals surface area contributed by atoms with Crippen molar-refractivity contribution < 1.29 is 4.79 Å². The molecule has 1 amide bonds. The first-order valence-electron chi connectivity index (χ1n) is 5.90. The van der Waals surface area contributed by atoms with Crippen molar-refractivity contribution in [1.82, 2.24) is 9.13 Å². The van der Waals surface area contributed by atoms with Gasteiger partial charge in [-0.05, 0) is 12.1 Å². The minimum atomic E-state index is -0.548. The zero-order chi connectivity index (χ0) is 14.7. The van der Waals surface area contributed by atoms with E-state index < -0.39 is 17.2 Å². The van der Waals surface area contributed by atoms with Crippen molar-refractivity contribution in [2.45, 2.75) is 6.54 Å². The SMILES string of the molecule is Cn1ccc(=O)n(CC(=O)Nc2ccccc2N)c1=O. The summed E-state index contributed by atoms with van der Waals surface area (Å²) < 4.78 is 2.08. The van der Waals surface area contributed by atoms with E-state index in [0.29, 0.717) is 11.4 Å². The fraction of sp³-hybridized carbons (Fsp3) is 0.154. The van der Waals surface area contributed by atoms with Crippen LogP contribution in [0, 0.1) is 0 Å². The molecule has 7 nitrogen and oxygen atoms in total. The van der Waals surface area contributed by atoms with Gasteiger partial charge >= 0.3 is 5.69 Å². The van der Waals surface area contributed by atoms with E-state index in [0.717, 1.165) is 4.57 Å². The van der Waals surface area contributed by atoms with Crippen LogP contribution < -0.4 is 22.3 Å². The largest absolute Gasteiger partial charge is 0.397 e. The fourth-order valence-electron chi connectivity index (χ4n) is 1.70. The van der Waals surface area contributed by atoms with Gasteiger partial charge in [-0.1, -0.05) is 12.1 Å². The summed E-state index contributed by atoms with van der Waals surface area (Å²) in [5, 5.41) is 2.56. The molecular formula is C13H14N4O3. The number of aryl methyl sites for hydroxylation is 1. The average molecular weight is 274 g/mol. The van der Waals surface area contributed by atoms with Gasteiger partial charge in [-0.15, -0.1) is 0 Å². The van der Waals surface area contributed by atoms with E-state index in [1.165, 1.54) is 23.9 Å². The summed E-state index contributed by atoms with van der Waals surface area (Å²) in [5.74, 6) is -0.492.